The molecule has 2 aromatic carbocycles. The van der Waals surface area contributed by atoms with E-state index in [0.717, 1.165) is 74.5 Å². The molecule has 236 valence electrons. The molecule has 7 nitrogen and oxygen atoms in total. The van der Waals surface area contributed by atoms with Crippen LogP contribution in [0.4, 0.5) is 5.69 Å². The summed E-state index contributed by atoms with van der Waals surface area (Å²) in [7, 11) is 0.200. The minimum Gasteiger partial charge on any atom is -0.491 e. The van der Waals surface area contributed by atoms with Crippen LogP contribution in [0.15, 0.2) is 36.4 Å². The maximum atomic E-state index is 13.3. The van der Waals surface area contributed by atoms with Gasteiger partial charge in [-0.15, -0.1) is 0 Å². The maximum absolute atomic E-state index is 13.3. The zero-order chi connectivity index (χ0) is 30.7. The van der Waals surface area contributed by atoms with Crippen molar-refractivity contribution in [3.63, 3.8) is 0 Å². The van der Waals surface area contributed by atoms with Gasteiger partial charge in [-0.05, 0) is 98.2 Å². The lowest BCUT2D eigenvalue weighted by Crippen LogP contribution is -2.54. The number of carbonyl (C=O) groups is 1. The molecule has 1 aliphatic carbocycles. The van der Waals surface area contributed by atoms with E-state index in [1.165, 1.54) is 11.1 Å². The number of rotatable bonds is 5. The van der Waals surface area contributed by atoms with Gasteiger partial charge in [0.05, 0.1) is 29.8 Å². The molecule has 0 radical (unpaired) electrons. The number of benzene rings is 2. The lowest BCUT2D eigenvalue weighted by molar-refractivity contribution is -0.141. The van der Waals surface area contributed by atoms with Crippen LogP contribution < -0.4 is 14.4 Å². The van der Waals surface area contributed by atoms with E-state index in [4.69, 9.17) is 21.1 Å². The number of aliphatic hydroxyl groups excluding tert-OH is 1. The van der Waals surface area contributed by atoms with Crippen LogP contribution in [0.25, 0.3) is 0 Å². The summed E-state index contributed by atoms with van der Waals surface area (Å²) < 4.78 is 28.6. The Bertz CT molecular complexity index is 1320. The van der Waals surface area contributed by atoms with Gasteiger partial charge in [0, 0.05) is 36.7 Å². The fraction of sp³-hybridized carbons (Fsp3) is 0.618. The largest absolute Gasteiger partial charge is 0.491 e. The van der Waals surface area contributed by atoms with Gasteiger partial charge < -0.3 is 19.5 Å². The smallest absolute Gasteiger partial charge is 0.263 e. The number of amides is 1. The highest BCUT2D eigenvalue weighted by Gasteiger charge is 2.48. The first-order valence-corrected chi connectivity index (χ1v) is 17.5. The topological polar surface area (TPSA) is 88.1 Å². The Balaban J connectivity index is 1.55. The Morgan fingerprint density at radius 3 is 2.67 bits per heavy atom. The number of hydrogen-bond donors (Lipinski definition) is 2. The highest BCUT2D eigenvalue weighted by molar-refractivity contribution is 7.84. The Labute approximate surface area is 264 Å². The Kier molecular flexibility index (Phi) is 10.4. The van der Waals surface area contributed by atoms with Crippen molar-refractivity contribution >= 4 is 34.2 Å². The monoisotopic (exact) mass is 630 g/mol. The van der Waals surface area contributed by atoms with Crippen molar-refractivity contribution in [1.29, 1.82) is 0 Å². The number of aryl methyl sites for hydroxylation is 1. The molecule has 2 aromatic rings. The molecule has 7 atom stereocenters. The number of aliphatic hydroxyl groups is 1. The molecular formula is C34H47ClN2O5S. The molecule has 1 saturated carbocycles. The second kappa shape index (κ2) is 13.9. The van der Waals surface area contributed by atoms with Gasteiger partial charge in [-0.3, -0.25) is 9.52 Å². The molecule has 43 heavy (non-hydrogen) atoms. The molecule has 6 unspecified atom stereocenters. The van der Waals surface area contributed by atoms with E-state index in [1.807, 2.05) is 25.1 Å². The first-order valence-electron chi connectivity index (χ1n) is 15.9. The minimum atomic E-state index is -1.53. The molecule has 2 aliphatic heterocycles. The number of ether oxygens (including phenoxy) is 2. The summed E-state index contributed by atoms with van der Waals surface area (Å²) in [5.41, 5.74) is 3.23. The van der Waals surface area contributed by atoms with Crippen molar-refractivity contribution in [3.8, 4) is 5.75 Å². The third-order valence-corrected chi connectivity index (χ3v) is 12.1. The molecule has 5 rings (SSSR count). The number of hydrogen-bond acceptors (Lipinski definition) is 6. The highest BCUT2D eigenvalue weighted by Crippen LogP contribution is 2.48. The number of fused-ring (bicyclic) bond motifs is 2. The van der Waals surface area contributed by atoms with E-state index in [0.29, 0.717) is 18.1 Å². The number of carbonyl (C=O) groups excluding carboxylic acids is 1. The number of halogens is 1. The molecule has 0 spiro atoms. The molecule has 0 saturated heterocycles. The molecular weight excluding hydrogens is 584 g/mol. The maximum Gasteiger partial charge on any atom is 0.263 e. The Morgan fingerprint density at radius 2 is 1.98 bits per heavy atom. The normalized spacial score (nSPS) is 31.7. The molecule has 2 N–H and O–H groups in total. The average Bonchev–Trinajstić information content (AvgIpc) is 3.17. The van der Waals surface area contributed by atoms with Crippen LogP contribution >= 0.6 is 11.6 Å². The number of nitrogens with one attached hydrogen (secondary N) is 1. The van der Waals surface area contributed by atoms with Gasteiger partial charge in [-0.2, -0.15) is 0 Å². The summed E-state index contributed by atoms with van der Waals surface area (Å²) >= 11 is 6.41. The van der Waals surface area contributed by atoms with E-state index in [-0.39, 0.29) is 35.5 Å². The van der Waals surface area contributed by atoms with Gasteiger partial charge in [0.25, 0.3) is 5.91 Å². The number of anilines is 1. The quantitative estimate of drug-likeness (QED) is 0.404. The summed E-state index contributed by atoms with van der Waals surface area (Å²) in [5.74, 6) is 1.20. The van der Waals surface area contributed by atoms with E-state index in [2.05, 4.69) is 35.6 Å². The summed E-state index contributed by atoms with van der Waals surface area (Å²) in [6.07, 6.45) is 6.47. The summed E-state index contributed by atoms with van der Waals surface area (Å²) in [6.45, 7) is 8.17. The first kappa shape index (κ1) is 32.3. The van der Waals surface area contributed by atoms with Crippen molar-refractivity contribution in [3.05, 3.63) is 58.1 Å². The van der Waals surface area contributed by atoms with Gasteiger partial charge in [0.15, 0.2) is 0 Å². The lowest BCUT2D eigenvalue weighted by Gasteiger charge is -2.50. The van der Waals surface area contributed by atoms with Gasteiger partial charge >= 0.3 is 0 Å². The molecule has 2 heterocycles. The first-order chi connectivity index (χ1) is 20.7. The van der Waals surface area contributed by atoms with Crippen LogP contribution in [0.1, 0.15) is 86.7 Å². The van der Waals surface area contributed by atoms with Crippen molar-refractivity contribution in [2.45, 2.75) is 82.5 Å². The zero-order valence-corrected chi connectivity index (χ0v) is 27.5. The van der Waals surface area contributed by atoms with Crippen molar-refractivity contribution in [2.75, 3.05) is 38.3 Å². The van der Waals surface area contributed by atoms with Gasteiger partial charge in [-0.25, -0.2) is 4.21 Å². The zero-order valence-electron chi connectivity index (χ0n) is 25.9. The van der Waals surface area contributed by atoms with Gasteiger partial charge in [0.1, 0.15) is 16.7 Å². The second-order valence-corrected chi connectivity index (χ2v) is 14.8. The molecule has 1 fully saturated rings. The van der Waals surface area contributed by atoms with Crippen molar-refractivity contribution < 1.29 is 23.6 Å². The minimum absolute atomic E-state index is 0.0196. The SMILES string of the molecule is CCCc1cc(Cl)ccc1C1COc2ccc3cc2N(C1)CC1CCC1[C@@](CO)(OC)CCCC(C)C(C)S(=O)NC3=O. The highest BCUT2D eigenvalue weighted by atomic mass is 35.5. The van der Waals surface area contributed by atoms with Crippen LogP contribution in [-0.2, 0) is 22.1 Å². The van der Waals surface area contributed by atoms with Crippen molar-refractivity contribution in [2.24, 2.45) is 17.8 Å². The van der Waals surface area contributed by atoms with Crippen LogP contribution in [0.2, 0.25) is 5.02 Å². The van der Waals surface area contributed by atoms with E-state index >= 15 is 0 Å². The summed E-state index contributed by atoms with van der Waals surface area (Å²) in [5, 5.41) is 11.2. The number of methoxy groups -OCH3 is 1. The molecule has 0 aromatic heterocycles. The van der Waals surface area contributed by atoms with Crippen molar-refractivity contribution in [1.82, 2.24) is 4.72 Å². The average molecular weight is 631 g/mol. The van der Waals surface area contributed by atoms with E-state index in [9.17, 15) is 14.1 Å². The third kappa shape index (κ3) is 6.77. The van der Waals surface area contributed by atoms with Crippen LogP contribution in [0.3, 0.4) is 0 Å². The predicted molar refractivity (Wildman–Crippen MR) is 173 cm³/mol. The van der Waals surface area contributed by atoms with Gasteiger partial charge in [-0.1, -0.05) is 44.4 Å². The van der Waals surface area contributed by atoms with E-state index in [1.54, 1.807) is 13.2 Å². The van der Waals surface area contributed by atoms with Gasteiger partial charge in [0.2, 0.25) is 0 Å². The molecule has 9 heteroatoms. The second-order valence-electron chi connectivity index (χ2n) is 12.9. The predicted octanol–water partition coefficient (Wildman–Crippen LogP) is 6.28. The van der Waals surface area contributed by atoms with E-state index < -0.39 is 16.6 Å². The fourth-order valence-corrected chi connectivity index (χ4v) is 8.57. The molecule has 3 aliphatic rings. The molecule has 2 bridgehead atoms. The fourth-order valence-electron chi connectivity index (χ4n) is 7.33. The Morgan fingerprint density at radius 1 is 1.16 bits per heavy atom. The molecule has 1 amide bonds. The van der Waals surface area contributed by atoms with Crippen LogP contribution in [0.5, 0.6) is 5.75 Å². The Hall–Kier alpha value is -2.13. The standard InChI is InChI=1S/C34H47ClN2O5S/c1-5-7-24-16-28(35)11-12-29(24)27-19-37-18-26-9-13-30(26)34(21-38,41-4)15-6-8-22(2)23(3)43(40)36-33(39)25-10-14-32(42-20-27)31(37)17-25/h10-12,14,16-17,22-23,26-27,30,38H,5-9,13,15,18-21H2,1-4H3,(H,36,39)/t22?,23?,26?,27?,30?,34-,43?/m1/s1. The summed E-state index contributed by atoms with van der Waals surface area (Å²) in [4.78, 5) is 15.7. The lowest BCUT2D eigenvalue weighted by atomic mass is 9.63. The summed E-state index contributed by atoms with van der Waals surface area (Å²) in [6, 6.07) is 11.7. The third-order valence-electron chi connectivity index (χ3n) is 10.3. The van der Waals surface area contributed by atoms with Crippen LogP contribution in [-0.4, -0.2) is 59.5 Å². The van der Waals surface area contributed by atoms with Crippen LogP contribution in [0, 0.1) is 17.8 Å². The number of nitrogens with zero attached hydrogens (tertiary/aromatic N) is 1.